The van der Waals surface area contributed by atoms with Crippen LogP contribution in [0.5, 0.6) is 0 Å². The molecule has 0 radical (unpaired) electrons. The zero-order chi connectivity index (χ0) is 27.2. The topological polar surface area (TPSA) is 54.5 Å². The number of alkyl halides is 2. The first-order chi connectivity index (χ1) is 18.1. The van der Waals surface area contributed by atoms with Gasteiger partial charge in [0, 0.05) is 60.1 Å². The maximum atomic E-state index is 15.8. The van der Waals surface area contributed by atoms with Crippen molar-refractivity contribution in [3.63, 3.8) is 0 Å². The van der Waals surface area contributed by atoms with Crippen molar-refractivity contribution in [3.8, 4) is 0 Å². The van der Waals surface area contributed by atoms with Crippen LogP contribution in [0.2, 0.25) is 0 Å². The Hall–Kier alpha value is -2.69. The summed E-state index contributed by atoms with van der Waals surface area (Å²) >= 11 is 0. The monoisotopic (exact) mass is 536 g/mol. The fourth-order valence-electron chi connectivity index (χ4n) is 5.81. The molecule has 0 spiro atoms. The fraction of sp³-hybridized carbons (Fsp3) is 0.500. The van der Waals surface area contributed by atoms with Crippen molar-refractivity contribution >= 4 is 16.6 Å². The Bertz CT molecular complexity index is 1280. The van der Waals surface area contributed by atoms with E-state index in [2.05, 4.69) is 15.2 Å². The van der Waals surface area contributed by atoms with Gasteiger partial charge in [-0.05, 0) is 62.6 Å². The molecule has 10 heteroatoms. The third-order valence-corrected chi connectivity index (χ3v) is 7.70. The van der Waals surface area contributed by atoms with Gasteiger partial charge in [0.2, 0.25) is 0 Å². The minimum absolute atomic E-state index is 0.00234. The van der Waals surface area contributed by atoms with Gasteiger partial charge < -0.3 is 15.4 Å². The normalized spacial score (nSPS) is 22.3. The van der Waals surface area contributed by atoms with E-state index < -0.39 is 35.8 Å². The van der Waals surface area contributed by atoms with Crippen molar-refractivity contribution in [2.45, 2.75) is 50.5 Å². The summed E-state index contributed by atoms with van der Waals surface area (Å²) in [6.07, 6.45) is 0.917. The van der Waals surface area contributed by atoms with E-state index in [1.54, 1.807) is 11.0 Å². The van der Waals surface area contributed by atoms with E-state index >= 15 is 13.2 Å². The molecule has 3 heterocycles. The number of hydrogen-bond donors (Lipinski definition) is 3. The van der Waals surface area contributed by atoms with Crippen molar-refractivity contribution in [2.75, 3.05) is 44.8 Å². The Morgan fingerprint density at radius 3 is 2.50 bits per heavy atom. The number of nitrogens with zero attached hydrogens (tertiary/aromatic N) is 2. The number of hydrogen-bond acceptors (Lipinski definition) is 4. The lowest BCUT2D eigenvalue weighted by molar-refractivity contribution is 0.0162. The molecule has 0 bridgehead atoms. The Morgan fingerprint density at radius 1 is 1.13 bits per heavy atom. The minimum atomic E-state index is -2.01. The number of aliphatic hydroxyl groups is 1. The van der Waals surface area contributed by atoms with E-state index in [0.717, 1.165) is 10.9 Å². The lowest BCUT2D eigenvalue weighted by atomic mass is 9.87. The average Bonchev–Trinajstić information content (AvgIpc) is 3.18. The maximum Gasteiger partial charge on any atom is 0.143 e. The van der Waals surface area contributed by atoms with Gasteiger partial charge in [-0.2, -0.15) is 0 Å². The summed E-state index contributed by atoms with van der Waals surface area (Å²) in [6, 6.07) is 5.46. The van der Waals surface area contributed by atoms with E-state index in [1.807, 2.05) is 6.92 Å². The third-order valence-electron chi connectivity index (χ3n) is 7.70. The first kappa shape index (κ1) is 26.9. The number of anilines is 1. The number of aromatic nitrogens is 1. The standard InChI is InChI=1S/C28H33F5N4O/c1-16-8-21-20-5-4-17(30)9-24(20)35-26(21)27(37(16)14-28(2,33)15-38)25-22(31)10-18(11-23(25)32)34-19-12-36(13-19)7-3-6-29/h4-5,9-11,16,19,27,34-35,38H,3,6-8,12-15H2,1-2H3/t16-,27-,28?/m0/s1. The highest BCUT2D eigenvalue weighted by molar-refractivity contribution is 5.85. The molecular weight excluding hydrogens is 503 g/mol. The summed E-state index contributed by atoms with van der Waals surface area (Å²) in [5.74, 6) is -2.02. The van der Waals surface area contributed by atoms with Crippen LogP contribution < -0.4 is 5.32 Å². The summed E-state index contributed by atoms with van der Waals surface area (Å²) in [5.41, 5.74) is -0.156. The number of nitrogens with one attached hydrogen (secondary N) is 2. The molecular formula is C28H33F5N4O. The fourth-order valence-corrected chi connectivity index (χ4v) is 5.81. The number of likely N-dealkylation sites (tertiary alicyclic amines) is 1. The molecule has 5 nitrogen and oxygen atoms in total. The smallest absolute Gasteiger partial charge is 0.143 e. The van der Waals surface area contributed by atoms with Gasteiger partial charge in [-0.25, -0.2) is 17.6 Å². The second-order valence-electron chi connectivity index (χ2n) is 10.9. The van der Waals surface area contributed by atoms with E-state index in [1.165, 1.54) is 31.2 Å². The van der Waals surface area contributed by atoms with Crippen LogP contribution in [0.1, 0.15) is 43.1 Å². The first-order valence-corrected chi connectivity index (χ1v) is 13.0. The summed E-state index contributed by atoms with van der Waals surface area (Å²) in [4.78, 5) is 6.88. The van der Waals surface area contributed by atoms with Crippen LogP contribution in [-0.4, -0.2) is 77.1 Å². The average molecular weight is 537 g/mol. The van der Waals surface area contributed by atoms with Gasteiger partial charge >= 0.3 is 0 Å². The number of benzene rings is 2. The number of fused-ring (bicyclic) bond motifs is 3. The highest BCUT2D eigenvalue weighted by Crippen LogP contribution is 2.43. The molecule has 3 aromatic rings. The van der Waals surface area contributed by atoms with Gasteiger partial charge in [0.05, 0.1) is 25.4 Å². The molecule has 0 amide bonds. The molecule has 1 fully saturated rings. The number of H-pyrrole nitrogens is 1. The second-order valence-corrected chi connectivity index (χ2v) is 10.9. The zero-order valence-corrected chi connectivity index (χ0v) is 21.5. The molecule has 2 aliphatic heterocycles. The van der Waals surface area contributed by atoms with Crippen LogP contribution in [-0.2, 0) is 6.42 Å². The van der Waals surface area contributed by atoms with Crippen molar-refractivity contribution in [1.82, 2.24) is 14.8 Å². The molecule has 206 valence electrons. The van der Waals surface area contributed by atoms with Crippen LogP contribution in [0.15, 0.2) is 30.3 Å². The maximum absolute atomic E-state index is 15.8. The van der Waals surface area contributed by atoms with Crippen molar-refractivity contribution in [2.24, 2.45) is 0 Å². The van der Waals surface area contributed by atoms with Gasteiger partial charge in [0.1, 0.15) is 23.1 Å². The van der Waals surface area contributed by atoms with E-state index in [9.17, 15) is 13.9 Å². The zero-order valence-electron chi connectivity index (χ0n) is 21.5. The highest BCUT2D eigenvalue weighted by atomic mass is 19.2. The molecule has 0 saturated carbocycles. The van der Waals surface area contributed by atoms with E-state index in [4.69, 9.17) is 0 Å². The first-order valence-electron chi connectivity index (χ1n) is 13.0. The molecule has 38 heavy (non-hydrogen) atoms. The predicted octanol–water partition coefficient (Wildman–Crippen LogP) is 5.10. The molecule has 2 aromatic carbocycles. The van der Waals surface area contributed by atoms with Crippen LogP contribution in [0.25, 0.3) is 10.9 Å². The summed E-state index contributed by atoms with van der Waals surface area (Å²) in [5, 5.41) is 13.5. The summed E-state index contributed by atoms with van der Waals surface area (Å²) in [6.45, 7) is 3.68. The van der Waals surface area contributed by atoms with Gasteiger partial charge in [0.25, 0.3) is 0 Å². The van der Waals surface area contributed by atoms with Crippen molar-refractivity contribution in [3.05, 3.63) is 64.6 Å². The number of halogens is 5. The van der Waals surface area contributed by atoms with Gasteiger partial charge in [0.15, 0.2) is 0 Å². The Kier molecular flexibility index (Phi) is 7.41. The number of rotatable bonds is 9. The van der Waals surface area contributed by atoms with Crippen molar-refractivity contribution < 1.29 is 27.1 Å². The molecule has 2 aliphatic rings. The summed E-state index contributed by atoms with van der Waals surface area (Å²) in [7, 11) is 0. The Morgan fingerprint density at radius 2 is 1.84 bits per heavy atom. The molecule has 1 aromatic heterocycles. The van der Waals surface area contributed by atoms with Crippen LogP contribution in [0.3, 0.4) is 0 Å². The lowest BCUT2D eigenvalue weighted by Crippen LogP contribution is -2.54. The van der Waals surface area contributed by atoms with Crippen LogP contribution in [0.4, 0.5) is 27.6 Å². The lowest BCUT2D eigenvalue weighted by Gasteiger charge is -2.43. The highest BCUT2D eigenvalue weighted by Gasteiger charge is 2.42. The Balaban J connectivity index is 1.52. The molecule has 0 aliphatic carbocycles. The molecule has 1 saturated heterocycles. The molecule has 1 unspecified atom stereocenters. The molecule has 3 N–H and O–H groups in total. The summed E-state index contributed by atoms with van der Waals surface area (Å²) < 4.78 is 73.0. The van der Waals surface area contributed by atoms with Gasteiger partial charge in [-0.1, -0.05) is 0 Å². The number of aliphatic hydroxyl groups excluding tert-OH is 1. The third kappa shape index (κ3) is 5.13. The molecule has 3 atom stereocenters. The largest absolute Gasteiger partial charge is 0.393 e. The van der Waals surface area contributed by atoms with Crippen LogP contribution >= 0.6 is 0 Å². The SMILES string of the molecule is C[C@H]1Cc2c([nH]c3cc(F)ccc23)[C@H](c2c(F)cc(NC3CN(CCCF)C3)cc2F)N1CC(C)(F)CO. The van der Waals surface area contributed by atoms with E-state index in [-0.39, 0.29) is 30.9 Å². The van der Waals surface area contributed by atoms with Gasteiger partial charge in [-0.3, -0.25) is 14.2 Å². The minimum Gasteiger partial charge on any atom is -0.393 e. The van der Waals surface area contributed by atoms with E-state index in [0.29, 0.717) is 49.4 Å². The second kappa shape index (κ2) is 10.5. The van der Waals surface area contributed by atoms with Gasteiger partial charge in [-0.15, -0.1) is 0 Å². The Labute approximate surface area is 218 Å². The van der Waals surface area contributed by atoms with Crippen molar-refractivity contribution in [1.29, 1.82) is 0 Å². The molecule has 5 rings (SSSR count). The number of aromatic amines is 1. The van der Waals surface area contributed by atoms with Crippen LogP contribution in [0, 0.1) is 17.5 Å². The quantitative estimate of drug-likeness (QED) is 0.333. The predicted molar refractivity (Wildman–Crippen MR) is 137 cm³/mol.